The lowest BCUT2D eigenvalue weighted by molar-refractivity contribution is -0.129. The monoisotopic (exact) mass is 486 g/mol. The molecule has 2 aromatic carbocycles. The molecule has 0 aromatic heterocycles. The molecule has 188 valence electrons. The molecule has 0 spiro atoms. The van der Waals surface area contributed by atoms with Crippen molar-refractivity contribution in [3.05, 3.63) is 71.3 Å². The Hall–Kier alpha value is -3.22. The number of morpholine rings is 2. The van der Waals surface area contributed by atoms with Gasteiger partial charge in [-0.2, -0.15) is 0 Å². The number of hydrogen-bond donors (Lipinski definition) is 0. The third kappa shape index (κ3) is 5.94. The van der Waals surface area contributed by atoms with Gasteiger partial charge in [0.05, 0.1) is 32.3 Å². The first kappa shape index (κ1) is 24.5. The molecule has 3 fully saturated rings. The number of benzene rings is 2. The second-order valence-corrected chi connectivity index (χ2v) is 9.60. The number of rotatable bonds is 6. The van der Waals surface area contributed by atoms with Crippen LogP contribution in [0.5, 0.6) is 0 Å². The van der Waals surface area contributed by atoms with Crippen molar-refractivity contribution in [2.75, 3.05) is 62.4 Å². The summed E-state index contributed by atoms with van der Waals surface area (Å²) in [5.74, 6) is -0.720. The molecule has 2 heterocycles. The van der Waals surface area contributed by atoms with Gasteiger partial charge in [0, 0.05) is 37.6 Å². The zero-order valence-electron chi connectivity index (χ0n) is 20.7. The lowest BCUT2D eigenvalue weighted by Crippen LogP contribution is -2.36. The SMILES string of the molecule is O=C(/C=C/c1ccc(N2CCOCC2)cc1)C1CCC/C(=C\c2ccc(N3CCOCC3)cc2)C1=O. The van der Waals surface area contributed by atoms with Gasteiger partial charge in [0.2, 0.25) is 0 Å². The molecule has 6 heteroatoms. The van der Waals surface area contributed by atoms with E-state index in [-0.39, 0.29) is 11.6 Å². The predicted molar refractivity (Wildman–Crippen MR) is 143 cm³/mol. The summed E-state index contributed by atoms with van der Waals surface area (Å²) in [5.41, 5.74) is 5.05. The number of carbonyl (C=O) groups is 2. The number of hydrogen-bond acceptors (Lipinski definition) is 6. The van der Waals surface area contributed by atoms with Gasteiger partial charge in [0.15, 0.2) is 11.6 Å². The Morgan fingerprint density at radius 2 is 1.31 bits per heavy atom. The lowest BCUT2D eigenvalue weighted by Gasteiger charge is -2.28. The number of ether oxygens (including phenoxy) is 2. The van der Waals surface area contributed by atoms with Crippen LogP contribution >= 0.6 is 0 Å². The molecule has 1 aliphatic carbocycles. The van der Waals surface area contributed by atoms with Crippen molar-refractivity contribution in [2.24, 2.45) is 5.92 Å². The van der Waals surface area contributed by atoms with E-state index in [0.29, 0.717) is 6.42 Å². The van der Waals surface area contributed by atoms with Crippen molar-refractivity contribution in [2.45, 2.75) is 19.3 Å². The van der Waals surface area contributed by atoms with Crippen molar-refractivity contribution in [1.29, 1.82) is 0 Å². The first-order valence-electron chi connectivity index (χ1n) is 13.0. The molecule has 2 aromatic rings. The zero-order chi connectivity index (χ0) is 24.7. The number of Topliss-reactive ketones (excluding diaryl/α,β-unsaturated/α-hetero) is 1. The Labute approximate surface area is 213 Å². The Kier molecular flexibility index (Phi) is 7.94. The number of allylic oxidation sites excluding steroid dienone is 2. The molecule has 0 bridgehead atoms. The maximum Gasteiger partial charge on any atom is 0.169 e. The van der Waals surface area contributed by atoms with Crippen LogP contribution in [0.1, 0.15) is 30.4 Å². The van der Waals surface area contributed by atoms with E-state index in [1.807, 2.05) is 24.3 Å². The first-order chi connectivity index (χ1) is 17.7. The number of anilines is 2. The van der Waals surface area contributed by atoms with Gasteiger partial charge in [0.25, 0.3) is 0 Å². The predicted octanol–water partition coefficient (Wildman–Crippen LogP) is 4.39. The molecule has 36 heavy (non-hydrogen) atoms. The van der Waals surface area contributed by atoms with Crippen molar-refractivity contribution in [3.8, 4) is 0 Å². The minimum Gasteiger partial charge on any atom is -0.378 e. The molecule has 1 unspecified atom stereocenters. The van der Waals surface area contributed by atoms with E-state index in [1.165, 1.54) is 5.69 Å². The number of nitrogens with zero attached hydrogens (tertiary/aromatic N) is 2. The van der Waals surface area contributed by atoms with E-state index in [0.717, 1.165) is 87.8 Å². The first-order valence-corrected chi connectivity index (χ1v) is 13.0. The minimum absolute atomic E-state index is 0.0316. The molecule has 2 saturated heterocycles. The van der Waals surface area contributed by atoms with Crippen LogP contribution in [-0.2, 0) is 19.1 Å². The van der Waals surface area contributed by atoms with Crippen molar-refractivity contribution < 1.29 is 19.1 Å². The smallest absolute Gasteiger partial charge is 0.169 e. The Morgan fingerprint density at radius 1 is 0.778 bits per heavy atom. The maximum atomic E-state index is 13.2. The highest BCUT2D eigenvalue weighted by atomic mass is 16.5. The molecule has 0 radical (unpaired) electrons. The third-order valence-corrected chi connectivity index (χ3v) is 7.23. The summed E-state index contributed by atoms with van der Waals surface area (Å²) >= 11 is 0. The fraction of sp³-hybridized carbons (Fsp3) is 0.400. The van der Waals surface area contributed by atoms with E-state index in [2.05, 4.69) is 46.2 Å². The summed E-state index contributed by atoms with van der Waals surface area (Å²) < 4.78 is 10.8. The molecule has 0 N–H and O–H groups in total. The highest BCUT2D eigenvalue weighted by Gasteiger charge is 2.30. The Morgan fingerprint density at radius 3 is 1.86 bits per heavy atom. The van der Waals surface area contributed by atoms with Crippen LogP contribution in [-0.4, -0.2) is 64.2 Å². The van der Waals surface area contributed by atoms with Crippen molar-refractivity contribution in [3.63, 3.8) is 0 Å². The highest BCUT2D eigenvalue weighted by Crippen LogP contribution is 2.29. The normalized spacial score (nSPS) is 22.4. The van der Waals surface area contributed by atoms with Gasteiger partial charge in [-0.25, -0.2) is 0 Å². The highest BCUT2D eigenvalue weighted by molar-refractivity contribution is 6.16. The molecular formula is C30H34N2O4. The fourth-order valence-corrected chi connectivity index (χ4v) is 5.11. The molecular weight excluding hydrogens is 452 g/mol. The van der Waals surface area contributed by atoms with Crippen LogP contribution in [0.25, 0.3) is 12.2 Å². The van der Waals surface area contributed by atoms with Crippen LogP contribution in [0.15, 0.2) is 60.2 Å². The van der Waals surface area contributed by atoms with Crippen molar-refractivity contribution >= 4 is 35.1 Å². The third-order valence-electron chi connectivity index (χ3n) is 7.23. The van der Waals surface area contributed by atoms with Crippen LogP contribution < -0.4 is 9.80 Å². The van der Waals surface area contributed by atoms with Gasteiger partial charge in [-0.15, -0.1) is 0 Å². The summed E-state index contributed by atoms with van der Waals surface area (Å²) in [7, 11) is 0. The summed E-state index contributed by atoms with van der Waals surface area (Å²) in [4.78, 5) is 30.7. The number of ketones is 2. The molecule has 2 aliphatic heterocycles. The van der Waals surface area contributed by atoms with E-state index in [9.17, 15) is 9.59 Å². The zero-order valence-corrected chi connectivity index (χ0v) is 20.7. The fourth-order valence-electron chi connectivity index (χ4n) is 5.11. The largest absolute Gasteiger partial charge is 0.378 e. The summed E-state index contributed by atoms with van der Waals surface area (Å²) in [6, 6.07) is 16.5. The second kappa shape index (κ2) is 11.7. The quantitative estimate of drug-likeness (QED) is 0.446. The summed E-state index contributed by atoms with van der Waals surface area (Å²) in [6.07, 6.45) is 7.54. The van der Waals surface area contributed by atoms with Crippen LogP contribution in [0.3, 0.4) is 0 Å². The average Bonchev–Trinajstić information content (AvgIpc) is 2.94. The minimum atomic E-state index is -0.582. The van der Waals surface area contributed by atoms with Crippen LogP contribution in [0.4, 0.5) is 11.4 Å². The van der Waals surface area contributed by atoms with Gasteiger partial charge in [-0.05, 0) is 72.4 Å². The summed E-state index contributed by atoms with van der Waals surface area (Å²) in [6.45, 7) is 6.59. The van der Waals surface area contributed by atoms with E-state index in [4.69, 9.17) is 9.47 Å². The van der Waals surface area contributed by atoms with E-state index >= 15 is 0 Å². The lowest BCUT2D eigenvalue weighted by atomic mass is 9.81. The van der Waals surface area contributed by atoms with Gasteiger partial charge in [0.1, 0.15) is 0 Å². The summed E-state index contributed by atoms with van der Waals surface area (Å²) in [5, 5.41) is 0. The van der Waals surface area contributed by atoms with Crippen molar-refractivity contribution in [1.82, 2.24) is 0 Å². The van der Waals surface area contributed by atoms with Crippen LogP contribution in [0.2, 0.25) is 0 Å². The topological polar surface area (TPSA) is 59.1 Å². The average molecular weight is 487 g/mol. The van der Waals surface area contributed by atoms with Gasteiger partial charge >= 0.3 is 0 Å². The maximum absolute atomic E-state index is 13.2. The standard InChI is InChI=1S/C30H34N2O4/c33-29(13-8-23-4-9-26(10-5-23)31-14-18-35-19-15-31)28-3-1-2-25(30(28)34)22-24-6-11-27(12-7-24)32-16-20-36-21-17-32/h4-13,22,28H,1-3,14-21H2/b13-8+,25-22+. The van der Waals surface area contributed by atoms with Crippen LogP contribution in [0, 0.1) is 5.92 Å². The Balaban J connectivity index is 1.20. The second-order valence-electron chi connectivity index (χ2n) is 9.60. The molecule has 0 amide bonds. The van der Waals surface area contributed by atoms with E-state index < -0.39 is 5.92 Å². The molecule has 6 nitrogen and oxygen atoms in total. The molecule has 1 atom stereocenters. The number of carbonyl (C=O) groups excluding carboxylic acids is 2. The van der Waals surface area contributed by atoms with E-state index in [1.54, 1.807) is 6.08 Å². The molecule has 5 rings (SSSR count). The van der Waals surface area contributed by atoms with Gasteiger partial charge in [-0.3, -0.25) is 9.59 Å². The van der Waals surface area contributed by atoms with Gasteiger partial charge < -0.3 is 19.3 Å². The Bertz CT molecular complexity index is 1110. The molecule has 3 aliphatic rings. The molecule has 1 saturated carbocycles. The van der Waals surface area contributed by atoms with Gasteiger partial charge in [-0.1, -0.05) is 30.3 Å².